The Morgan fingerprint density at radius 3 is 2.86 bits per heavy atom. The quantitative estimate of drug-likeness (QED) is 0.539. The SMILES string of the molecule is N#Cc1ccc(-c2cccc(-n3cnnn3)c2)nc1NN. The van der Waals surface area contributed by atoms with Crippen LogP contribution in [0.3, 0.4) is 0 Å². The Morgan fingerprint density at radius 2 is 2.14 bits per heavy atom. The van der Waals surface area contributed by atoms with Gasteiger partial charge in [-0.15, -0.1) is 5.10 Å². The van der Waals surface area contributed by atoms with Crippen LogP contribution in [0.1, 0.15) is 5.56 Å². The van der Waals surface area contributed by atoms with Crippen LogP contribution in [0.15, 0.2) is 42.7 Å². The fourth-order valence-corrected chi connectivity index (χ4v) is 1.91. The molecule has 0 saturated carbocycles. The molecule has 0 unspecified atom stereocenters. The van der Waals surface area contributed by atoms with E-state index in [1.54, 1.807) is 16.8 Å². The van der Waals surface area contributed by atoms with Gasteiger partial charge in [-0.05, 0) is 34.7 Å². The highest BCUT2D eigenvalue weighted by atomic mass is 15.5. The topological polar surface area (TPSA) is 118 Å². The van der Waals surface area contributed by atoms with Gasteiger partial charge < -0.3 is 5.43 Å². The van der Waals surface area contributed by atoms with Crippen molar-refractivity contribution in [3.8, 4) is 23.0 Å². The number of benzene rings is 1. The van der Waals surface area contributed by atoms with Gasteiger partial charge in [0.2, 0.25) is 0 Å². The maximum absolute atomic E-state index is 8.97. The Bertz CT molecular complexity index is 803. The molecular weight excluding hydrogens is 268 g/mol. The van der Waals surface area contributed by atoms with Gasteiger partial charge in [0.15, 0.2) is 5.82 Å². The number of tetrazole rings is 1. The van der Waals surface area contributed by atoms with E-state index >= 15 is 0 Å². The molecule has 0 bridgehead atoms. The van der Waals surface area contributed by atoms with Crippen LogP contribution >= 0.6 is 0 Å². The summed E-state index contributed by atoms with van der Waals surface area (Å²) in [6.45, 7) is 0. The lowest BCUT2D eigenvalue weighted by Crippen LogP contribution is -2.10. The van der Waals surface area contributed by atoms with Crippen LogP contribution in [0.4, 0.5) is 5.82 Å². The van der Waals surface area contributed by atoms with E-state index < -0.39 is 0 Å². The van der Waals surface area contributed by atoms with Gasteiger partial charge >= 0.3 is 0 Å². The average Bonchev–Trinajstić information content (AvgIpc) is 3.09. The highest BCUT2D eigenvalue weighted by Crippen LogP contribution is 2.22. The summed E-state index contributed by atoms with van der Waals surface area (Å²) in [5.74, 6) is 5.72. The van der Waals surface area contributed by atoms with E-state index in [0.29, 0.717) is 17.1 Å². The summed E-state index contributed by atoms with van der Waals surface area (Å²) < 4.78 is 1.55. The summed E-state index contributed by atoms with van der Waals surface area (Å²) in [5.41, 5.74) is 5.18. The maximum atomic E-state index is 8.97. The first-order valence-electron chi connectivity index (χ1n) is 6.03. The van der Waals surface area contributed by atoms with Crippen molar-refractivity contribution >= 4 is 5.82 Å². The molecule has 2 aromatic heterocycles. The Morgan fingerprint density at radius 1 is 1.24 bits per heavy atom. The molecule has 0 aliphatic carbocycles. The molecule has 0 radical (unpaired) electrons. The lowest BCUT2D eigenvalue weighted by Gasteiger charge is -2.07. The van der Waals surface area contributed by atoms with Gasteiger partial charge in [0.1, 0.15) is 12.4 Å². The van der Waals surface area contributed by atoms with Gasteiger partial charge in [-0.3, -0.25) is 0 Å². The molecule has 0 aliphatic heterocycles. The van der Waals surface area contributed by atoms with Gasteiger partial charge in [0.25, 0.3) is 0 Å². The third-order valence-electron chi connectivity index (χ3n) is 2.91. The van der Waals surface area contributed by atoms with Crippen LogP contribution in [0.5, 0.6) is 0 Å². The van der Waals surface area contributed by atoms with Gasteiger partial charge in [0, 0.05) is 5.56 Å². The molecule has 0 fully saturated rings. The first-order chi connectivity index (χ1) is 10.3. The predicted octanol–water partition coefficient (Wildman–Crippen LogP) is 0.882. The molecular formula is C13H10N8. The largest absolute Gasteiger partial charge is 0.307 e. The van der Waals surface area contributed by atoms with E-state index in [4.69, 9.17) is 11.1 Å². The molecule has 3 N–H and O–H groups in total. The van der Waals surface area contributed by atoms with Crippen molar-refractivity contribution in [2.45, 2.75) is 0 Å². The van der Waals surface area contributed by atoms with Crippen molar-refractivity contribution in [2.75, 3.05) is 5.43 Å². The number of anilines is 1. The highest BCUT2D eigenvalue weighted by molar-refractivity contribution is 5.66. The Hall–Kier alpha value is -3.31. The van der Waals surface area contributed by atoms with E-state index in [2.05, 4.69) is 25.9 Å². The van der Waals surface area contributed by atoms with Crippen LogP contribution in [0, 0.1) is 11.3 Å². The third kappa shape index (κ3) is 2.41. The third-order valence-corrected chi connectivity index (χ3v) is 2.91. The second-order valence-electron chi connectivity index (χ2n) is 4.15. The molecule has 8 heteroatoms. The molecule has 0 saturated heterocycles. The summed E-state index contributed by atoms with van der Waals surface area (Å²) in [7, 11) is 0. The average molecular weight is 278 g/mol. The van der Waals surface area contributed by atoms with Crippen LogP contribution in [-0.4, -0.2) is 25.2 Å². The van der Waals surface area contributed by atoms with Gasteiger partial charge in [-0.25, -0.2) is 15.5 Å². The number of pyridine rings is 1. The zero-order valence-corrected chi connectivity index (χ0v) is 10.8. The highest BCUT2D eigenvalue weighted by Gasteiger charge is 2.07. The second kappa shape index (κ2) is 5.36. The number of nitrogens with two attached hydrogens (primary N) is 1. The van der Waals surface area contributed by atoms with Crippen molar-refractivity contribution in [1.29, 1.82) is 5.26 Å². The minimum absolute atomic E-state index is 0.336. The number of aromatic nitrogens is 5. The van der Waals surface area contributed by atoms with Crippen molar-refractivity contribution in [3.63, 3.8) is 0 Å². The number of nitrogens with one attached hydrogen (secondary N) is 1. The molecule has 8 nitrogen and oxygen atoms in total. The van der Waals surface area contributed by atoms with E-state index in [-0.39, 0.29) is 0 Å². The number of nitrogens with zero attached hydrogens (tertiary/aromatic N) is 6. The standard InChI is InChI=1S/C13H10N8/c14-7-10-4-5-12(17-13(10)18-15)9-2-1-3-11(6-9)21-8-16-19-20-21/h1-6,8H,15H2,(H,17,18). The fourth-order valence-electron chi connectivity index (χ4n) is 1.91. The first-order valence-corrected chi connectivity index (χ1v) is 6.03. The summed E-state index contributed by atoms with van der Waals surface area (Å²) in [4.78, 5) is 4.34. The lowest BCUT2D eigenvalue weighted by molar-refractivity contribution is 0.789. The molecule has 1 aromatic carbocycles. The number of nitriles is 1. The van der Waals surface area contributed by atoms with E-state index in [0.717, 1.165) is 11.3 Å². The molecule has 3 aromatic rings. The van der Waals surface area contributed by atoms with Crippen LogP contribution < -0.4 is 11.3 Å². The van der Waals surface area contributed by atoms with Crippen molar-refractivity contribution < 1.29 is 0 Å². The Balaban J connectivity index is 2.05. The zero-order chi connectivity index (χ0) is 14.7. The number of hydrogen-bond acceptors (Lipinski definition) is 7. The minimum atomic E-state index is 0.336. The predicted molar refractivity (Wildman–Crippen MR) is 74.9 cm³/mol. The van der Waals surface area contributed by atoms with Crippen LogP contribution in [0.25, 0.3) is 16.9 Å². The molecule has 2 heterocycles. The Labute approximate surface area is 119 Å². The lowest BCUT2D eigenvalue weighted by atomic mass is 10.1. The second-order valence-corrected chi connectivity index (χ2v) is 4.15. The number of hydrogen-bond donors (Lipinski definition) is 2. The van der Waals surface area contributed by atoms with Crippen LogP contribution in [-0.2, 0) is 0 Å². The summed E-state index contributed by atoms with van der Waals surface area (Å²) >= 11 is 0. The first kappa shape index (κ1) is 12.7. The smallest absolute Gasteiger partial charge is 0.158 e. The van der Waals surface area contributed by atoms with E-state index in [1.165, 1.54) is 6.33 Å². The molecule has 0 amide bonds. The monoisotopic (exact) mass is 278 g/mol. The summed E-state index contributed by atoms with van der Waals surface area (Å²) in [5, 5.41) is 20.0. The molecule has 3 rings (SSSR count). The fraction of sp³-hybridized carbons (Fsp3) is 0. The van der Waals surface area contributed by atoms with Crippen molar-refractivity contribution in [1.82, 2.24) is 25.2 Å². The van der Waals surface area contributed by atoms with Gasteiger partial charge in [-0.2, -0.15) is 5.26 Å². The number of rotatable bonds is 3. The number of hydrazine groups is 1. The Kier molecular flexibility index (Phi) is 3.24. The molecule has 0 atom stereocenters. The maximum Gasteiger partial charge on any atom is 0.158 e. The minimum Gasteiger partial charge on any atom is -0.307 e. The van der Waals surface area contributed by atoms with Crippen molar-refractivity contribution in [3.05, 3.63) is 48.3 Å². The molecule has 21 heavy (non-hydrogen) atoms. The molecule has 102 valence electrons. The normalized spacial score (nSPS) is 10.1. The molecule has 0 aliphatic rings. The van der Waals surface area contributed by atoms with Crippen LogP contribution in [0.2, 0.25) is 0 Å². The van der Waals surface area contributed by atoms with Crippen molar-refractivity contribution in [2.24, 2.45) is 5.84 Å². The van der Waals surface area contributed by atoms with E-state index in [1.807, 2.05) is 30.3 Å². The number of nitrogen functional groups attached to an aromatic ring is 1. The molecule has 0 spiro atoms. The van der Waals surface area contributed by atoms with Gasteiger partial charge in [0.05, 0.1) is 16.9 Å². The zero-order valence-electron chi connectivity index (χ0n) is 10.8. The summed E-state index contributed by atoms with van der Waals surface area (Å²) in [6, 6.07) is 13.0. The van der Waals surface area contributed by atoms with Gasteiger partial charge in [-0.1, -0.05) is 12.1 Å². The summed E-state index contributed by atoms with van der Waals surface area (Å²) in [6.07, 6.45) is 1.51. The van der Waals surface area contributed by atoms with E-state index in [9.17, 15) is 0 Å².